The lowest BCUT2D eigenvalue weighted by Gasteiger charge is -2.30. The average Bonchev–Trinajstić information content (AvgIpc) is 3.33. The number of nitrogens with zero attached hydrogens (tertiary/aromatic N) is 1. The summed E-state index contributed by atoms with van der Waals surface area (Å²) in [5.41, 5.74) is 0.508. The Morgan fingerprint density at radius 1 is 1.48 bits per heavy atom. The third-order valence-corrected chi connectivity index (χ3v) is 4.11. The molecule has 0 bridgehead atoms. The van der Waals surface area contributed by atoms with Crippen molar-refractivity contribution in [1.29, 1.82) is 0 Å². The van der Waals surface area contributed by atoms with Crippen LogP contribution >= 0.6 is 0 Å². The van der Waals surface area contributed by atoms with Crippen LogP contribution in [0.3, 0.4) is 0 Å². The first-order chi connectivity index (χ1) is 10.3. The first kappa shape index (κ1) is 14.3. The molecule has 3 rings (SSSR count). The maximum Gasteiger partial charge on any atom is 0.341 e. The van der Waals surface area contributed by atoms with E-state index in [1.165, 1.54) is 12.8 Å². The molecular formula is C16H22N2O3. The molecule has 5 heteroatoms. The van der Waals surface area contributed by atoms with Crippen molar-refractivity contribution in [1.82, 2.24) is 4.98 Å². The van der Waals surface area contributed by atoms with Crippen LogP contribution in [-0.2, 0) is 9.47 Å². The van der Waals surface area contributed by atoms with E-state index in [0.29, 0.717) is 30.1 Å². The Hall–Kier alpha value is -1.62. The number of hydrogen-bond donors (Lipinski definition) is 1. The first-order valence-electron chi connectivity index (χ1n) is 7.78. The van der Waals surface area contributed by atoms with Crippen LogP contribution in [0.5, 0.6) is 0 Å². The number of ether oxygens (including phenoxy) is 2. The molecule has 2 fully saturated rings. The van der Waals surface area contributed by atoms with Crippen molar-refractivity contribution >= 4 is 11.8 Å². The van der Waals surface area contributed by atoms with Gasteiger partial charge in [0, 0.05) is 18.8 Å². The SMILES string of the molecule is CCOC(=O)c1cccnc1NC1CCOC(C2CC2)C1. The molecule has 2 heterocycles. The van der Waals surface area contributed by atoms with Crippen LogP contribution in [0.15, 0.2) is 18.3 Å². The van der Waals surface area contributed by atoms with Crippen molar-refractivity contribution in [2.45, 2.75) is 44.8 Å². The number of nitrogens with one attached hydrogen (secondary N) is 1. The highest BCUT2D eigenvalue weighted by atomic mass is 16.5. The third kappa shape index (κ3) is 3.53. The number of carbonyl (C=O) groups excluding carboxylic acids is 1. The fourth-order valence-corrected chi connectivity index (χ4v) is 2.84. The minimum absolute atomic E-state index is 0.312. The van der Waals surface area contributed by atoms with Crippen molar-refractivity contribution in [3.63, 3.8) is 0 Å². The van der Waals surface area contributed by atoms with Crippen LogP contribution in [0.1, 0.15) is 43.0 Å². The standard InChI is InChI=1S/C16H22N2O3/c1-2-20-16(19)13-4-3-8-17-15(13)18-12-7-9-21-14(10-12)11-5-6-11/h3-4,8,11-12,14H,2,5-7,9-10H2,1H3,(H,17,18). The Kier molecular flexibility index (Phi) is 4.39. The molecular weight excluding hydrogens is 268 g/mol. The van der Waals surface area contributed by atoms with Crippen LogP contribution in [0.2, 0.25) is 0 Å². The number of esters is 1. The lowest BCUT2D eigenvalue weighted by atomic mass is 10.00. The number of carbonyl (C=O) groups is 1. The fourth-order valence-electron chi connectivity index (χ4n) is 2.84. The molecule has 1 aliphatic heterocycles. The summed E-state index contributed by atoms with van der Waals surface area (Å²) >= 11 is 0. The molecule has 2 aliphatic rings. The summed E-state index contributed by atoms with van der Waals surface area (Å²) in [4.78, 5) is 16.3. The van der Waals surface area contributed by atoms with Gasteiger partial charge in [-0.25, -0.2) is 9.78 Å². The van der Waals surface area contributed by atoms with Gasteiger partial charge >= 0.3 is 5.97 Å². The van der Waals surface area contributed by atoms with Crippen LogP contribution in [0.25, 0.3) is 0 Å². The third-order valence-electron chi connectivity index (χ3n) is 4.11. The monoisotopic (exact) mass is 290 g/mol. The molecule has 5 nitrogen and oxygen atoms in total. The summed E-state index contributed by atoms with van der Waals surface area (Å²) in [6, 6.07) is 3.83. The molecule has 1 aromatic heterocycles. The van der Waals surface area contributed by atoms with Crippen molar-refractivity contribution in [2.75, 3.05) is 18.5 Å². The van der Waals surface area contributed by atoms with E-state index >= 15 is 0 Å². The zero-order valence-corrected chi connectivity index (χ0v) is 12.4. The summed E-state index contributed by atoms with van der Waals surface area (Å²) in [6.45, 7) is 2.95. The smallest absolute Gasteiger partial charge is 0.341 e. The molecule has 2 atom stereocenters. The highest BCUT2D eigenvalue weighted by Gasteiger charge is 2.36. The largest absolute Gasteiger partial charge is 0.462 e. The van der Waals surface area contributed by atoms with Gasteiger partial charge in [0.2, 0.25) is 0 Å². The minimum atomic E-state index is -0.320. The van der Waals surface area contributed by atoms with Crippen molar-refractivity contribution in [3.8, 4) is 0 Å². The zero-order chi connectivity index (χ0) is 14.7. The van der Waals surface area contributed by atoms with Crippen LogP contribution < -0.4 is 5.32 Å². The number of anilines is 1. The number of aromatic nitrogens is 1. The summed E-state index contributed by atoms with van der Waals surface area (Å²) in [6.07, 6.45) is 6.57. The van der Waals surface area contributed by atoms with Crippen molar-refractivity contribution in [2.24, 2.45) is 5.92 Å². The van der Waals surface area contributed by atoms with Crippen molar-refractivity contribution in [3.05, 3.63) is 23.9 Å². The van der Waals surface area contributed by atoms with Crippen LogP contribution in [0, 0.1) is 5.92 Å². The predicted octanol–water partition coefficient (Wildman–Crippen LogP) is 2.63. The van der Waals surface area contributed by atoms with Crippen LogP contribution in [0.4, 0.5) is 5.82 Å². The second-order valence-electron chi connectivity index (χ2n) is 5.73. The van der Waals surface area contributed by atoms with Gasteiger partial charge in [-0.05, 0) is 50.7 Å². The molecule has 0 spiro atoms. The van der Waals surface area contributed by atoms with Gasteiger partial charge < -0.3 is 14.8 Å². The van der Waals surface area contributed by atoms with Gasteiger partial charge in [0.1, 0.15) is 11.4 Å². The molecule has 1 aromatic rings. The number of rotatable bonds is 5. The molecule has 21 heavy (non-hydrogen) atoms. The van der Waals surface area contributed by atoms with E-state index in [1.54, 1.807) is 25.3 Å². The van der Waals surface area contributed by atoms with Crippen LogP contribution in [-0.4, -0.2) is 36.3 Å². The quantitative estimate of drug-likeness (QED) is 0.845. The predicted molar refractivity (Wildman–Crippen MR) is 79.3 cm³/mol. The van der Waals surface area contributed by atoms with Gasteiger partial charge in [-0.2, -0.15) is 0 Å². The van der Waals surface area contributed by atoms with Gasteiger partial charge in [0.15, 0.2) is 0 Å². The normalized spacial score (nSPS) is 25.4. The second-order valence-corrected chi connectivity index (χ2v) is 5.73. The highest BCUT2D eigenvalue weighted by Crippen LogP contribution is 2.38. The molecule has 1 saturated carbocycles. The molecule has 1 aliphatic carbocycles. The molecule has 0 amide bonds. The van der Waals surface area contributed by atoms with Gasteiger partial charge in [-0.3, -0.25) is 0 Å². The summed E-state index contributed by atoms with van der Waals surface area (Å²) in [7, 11) is 0. The van der Waals surface area contributed by atoms with Crippen molar-refractivity contribution < 1.29 is 14.3 Å². The van der Waals surface area contributed by atoms with Gasteiger partial charge in [0.25, 0.3) is 0 Å². The molecule has 0 aromatic carbocycles. The molecule has 2 unspecified atom stereocenters. The maximum atomic E-state index is 12.0. The van der Waals surface area contributed by atoms with E-state index in [2.05, 4.69) is 10.3 Å². The van der Waals surface area contributed by atoms with Gasteiger partial charge in [-0.1, -0.05) is 0 Å². The Labute approximate surface area is 125 Å². The first-order valence-corrected chi connectivity index (χ1v) is 7.78. The summed E-state index contributed by atoms with van der Waals surface area (Å²) in [5, 5.41) is 3.41. The molecule has 114 valence electrons. The highest BCUT2D eigenvalue weighted by molar-refractivity contribution is 5.94. The summed E-state index contributed by atoms with van der Waals surface area (Å²) in [5.74, 6) is 1.04. The molecule has 1 N–H and O–H groups in total. The fraction of sp³-hybridized carbons (Fsp3) is 0.625. The lowest BCUT2D eigenvalue weighted by Crippen LogP contribution is -2.35. The Balaban J connectivity index is 1.67. The number of pyridine rings is 1. The Morgan fingerprint density at radius 2 is 2.33 bits per heavy atom. The van der Waals surface area contributed by atoms with E-state index in [4.69, 9.17) is 9.47 Å². The van der Waals surface area contributed by atoms with E-state index < -0.39 is 0 Å². The average molecular weight is 290 g/mol. The number of hydrogen-bond acceptors (Lipinski definition) is 5. The Morgan fingerprint density at radius 3 is 3.10 bits per heavy atom. The minimum Gasteiger partial charge on any atom is -0.462 e. The van der Waals surface area contributed by atoms with Gasteiger partial charge in [-0.15, -0.1) is 0 Å². The maximum absolute atomic E-state index is 12.0. The summed E-state index contributed by atoms with van der Waals surface area (Å²) < 4.78 is 10.9. The second kappa shape index (κ2) is 6.43. The zero-order valence-electron chi connectivity index (χ0n) is 12.4. The van der Waals surface area contributed by atoms with E-state index in [9.17, 15) is 4.79 Å². The van der Waals surface area contributed by atoms with E-state index in [1.807, 2.05) is 0 Å². The van der Waals surface area contributed by atoms with E-state index in [-0.39, 0.29) is 5.97 Å². The molecule has 0 radical (unpaired) electrons. The van der Waals surface area contributed by atoms with E-state index in [0.717, 1.165) is 25.4 Å². The Bertz CT molecular complexity index is 502. The lowest BCUT2D eigenvalue weighted by molar-refractivity contribution is -0.00224. The topological polar surface area (TPSA) is 60.5 Å². The molecule has 1 saturated heterocycles. The van der Waals surface area contributed by atoms with Gasteiger partial charge in [0.05, 0.1) is 12.7 Å².